The van der Waals surface area contributed by atoms with Crippen LogP contribution in [0.25, 0.3) is 89.0 Å². The van der Waals surface area contributed by atoms with Crippen LogP contribution in [0, 0.1) is 0 Å². The van der Waals surface area contributed by atoms with Crippen molar-refractivity contribution >= 4 is 21.5 Å². The summed E-state index contributed by atoms with van der Waals surface area (Å²) in [5.41, 5.74) is 11.9. The zero-order chi connectivity index (χ0) is 32.6. The number of hydrogen-bond donors (Lipinski definition) is 1. The van der Waals surface area contributed by atoms with Gasteiger partial charge in [0.05, 0.1) is 11.4 Å². The number of aromatic amines is 1. The highest BCUT2D eigenvalue weighted by Crippen LogP contribution is 2.38. The zero-order valence-electron chi connectivity index (χ0n) is 26.7. The molecule has 9 rings (SSSR count). The van der Waals surface area contributed by atoms with E-state index in [4.69, 9.17) is 9.97 Å². The SMILES string of the molecule is c1ccc(-c2cc(-c3ccc(-c4ccc(-c5ccc[nH]5)cc4)c4ccccc34)nc(-c3ccc(-c4cccc5ccccc45)cc3)n2)cc1. The summed E-state index contributed by atoms with van der Waals surface area (Å²) in [5, 5.41) is 4.82. The molecular formula is C46H31N3. The molecule has 230 valence electrons. The van der Waals surface area contributed by atoms with Crippen molar-refractivity contribution in [3.05, 3.63) is 182 Å². The fourth-order valence-electron chi connectivity index (χ4n) is 6.86. The van der Waals surface area contributed by atoms with Gasteiger partial charge in [0.1, 0.15) is 0 Å². The maximum atomic E-state index is 5.23. The van der Waals surface area contributed by atoms with Gasteiger partial charge in [-0.3, -0.25) is 0 Å². The molecule has 0 spiro atoms. The van der Waals surface area contributed by atoms with Gasteiger partial charge in [-0.15, -0.1) is 0 Å². The second kappa shape index (κ2) is 12.2. The van der Waals surface area contributed by atoms with Crippen molar-refractivity contribution in [2.45, 2.75) is 0 Å². The molecule has 1 N–H and O–H groups in total. The van der Waals surface area contributed by atoms with Gasteiger partial charge in [-0.25, -0.2) is 9.97 Å². The van der Waals surface area contributed by atoms with Gasteiger partial charge < -0.3 is 4.98 Å². The highest BCUT2D eigenvalue weighted by molar-refractivity contribution is 6.05. The summed E-state index contributed by atoms with van der Waals surface area (Å²) in [4.78, 5) is 13.6. The second-order valence-corrected chi connectivity index (χ2v) is 12.3. The topological polar surface area (TPSA) is 41.6 Å². The highest BCUT2D eigenvalue weighted by atomic mass is 14.9. The monoisotopic (exact) mass is 625 g/mol. The van der Waals surface area contributed by atoms with Gasteiger partial charge in [0.25, 0.3) is 0 Å². The Kier molecular flexibility index (Phi) is 7.14. The van der Waals surface area contributed by atoms with Crippen LogP contribution in [0.4, 0.5) is 0 Å². The number of hydrogen-bond acceptors (Lipinski definition) is 2. The molecule has 0 saturated carbocycles. The average Bonchev–Trinajstić information content (AvgIpc) is 3.73. The molecule has 2 aromatic heterocycles. The van der Waals surface area contributed by atoms with Crippen LogP contribution in [0.2, 0.25) is 0 Å². The first-order valence-electron chi connectivity index (χ1n) is 16.6. The molecule has 0 radical (unpaired) electrons. The number of nitrogens with one attached hydrogen (secondary N) is 1. The lowest BCUT2D eigenvalue weighted by atomic mass is 9.93. The average molecular weight is 626 g/mol. The lowest BCUT2D eigenvalue weighted by Crippen LogP contribution is -1.97. The molecule has 0 amide bonds. The third kappa shape index (κ3) is 5.38. The molecule has 49 heavy (non-hydrogen) atoms. The van der Waals surface area contributed by atoms with Crippen LogP contribution in [-0.4, -0.2) is 15.0 Å². The minimum Gasteiger partial charge on any atom is -0.361 e. The predicted octanol–water partition coefficient (Wildman–Crippen LogP) is 12.1. The Hall–Kier alpha value is -6.58. The van der Waals surface area contributed by atoms with Crippen LogP contribution in [0.15, 0.2) is 182 Å². The van der Waals surface area contributed by atoms with Gasteiger partial charge in [0.2, 0.25) is 0 Å². The first-order chi connectivity index (χ1) is 24.3. The Morgan fingerprint density at radius 1 is 0.347 bits per heavy atom. The molecule has 9 aromatic rings. The lowest BCUT2D eigenvalue weighted by Gasteiger charge is -2.14. The highest BCUT2D eigenvalue weighted by Gasteiger charge is 2.15. The Balaban J connectivity index is 1.15. The third-order valence-electron chi connectivity index (χ3n) is 9.34. The van der Waals surface area contributed by atoms with E-state index < -0.39 is 0 Å². The van der Waals surface area contributed by atoms with Crippen molar-refractivity contribution < 1.29 is 0 Å². The molecule has 0 aliphatic rings. The predicted molar refractivity (Wildman–Crippen MR) is 204 cm³/mol. The van der Waals surface area contributed by atoms with Crippen LogP contribution in [0.5, 0.6) is 0 Å². The molecule has 0 bridgehead atoms. The fourth-order valence-corrected chi connectivity index (χ4v) is 6.86. The maximum absolute atomic E-state index is 5.23. The van der Waals surface area contributed by atoms with E-state index in [9.17, 15) is 0 Å². The number of aromatic nitrogens is 3. The van der Waals surface area contributed by atoms with E-state index in [2.05, 4.69) is 169 Å². The van der Waals surface area contributed by atoms with Crippen molar-refractivity contribution in [3.63, 3.8) is 0 Å². The van der Waals surface area contributed by atoms with Gasteiger partial charge in [0.15, 0.2) is 5.82 Å². The Labute approximate surface area is 285 Å². The van der Waals surface area contributed by atoms with Gasteiger partial charge >= 0.3 is 0 Å². The summed E-state index contributed by atoms with van der Waals surface area (Å²) in [7, 11) is 0. The number of H-pyrrole nitrogens is 1. The van der Waals surface area contributed by atoms with E-state index in [1.807, 2.05) is 18.3 Å². The van der Waals surface area contributed by atoms with Crippen LogP contribution in [0.3, 0.4) is 0 Å². The molecule has 0 aliphatic carbocycles. The molecule has 0 atom stereocenters. The molecule has 2 heterocycles. The van der Waals surface area contributed by atoms with Crippen molar-refractivity contribution in [3.8, 4) is 67.4 Å². The fraction of sp³-hybridized carbons (Fsp3) is 0. The number of rotatable bonds is 6. The standard InChI is InChI=1S/C46H31N3/c1-2-11-34(12-3-1)44-30-45(49-46(48-44)36-25-21-32(22-26-36)38-17-8-13-31-10-4-5-14-37(31)38)42-28-27-39(40-15-6-7-16-41(40)42)33-19-23-35(24-20-33)43-18-9-29-47-43/h1-30,47H. The molecule has 0 aliphatic heterocycles. The third-order valence-corrected chi connectivity index (χ3v) is 9.34. The normalized spacial score (nSPS) is 11.3. The Bertz CT molecular complexity index is 2560. The van der Waals surface area contributed by atoms with Gasteiger partial charge in [-0.2, -0.15) is 0 Å². The molecule has 3 nitrogen and oxygen atoms in total. The number of fused-ring (bicyclic) bond motifs is 2. The van der Waals surface area contributed by atoms with E-state index in [1.54, 1.807) is 0 Å². The van der Waals surface area contributed by atoms with E-state index in [0.29, 0.717) is 5.82 Å². The van der Waals surface area contributed by atoms with E-state index >= 15 is 0 Å². The molecule has 0 unspecified atom stereocenters. The summed E-state index contributed by atoms with van der Waals surface area (Å²) in [6.45, 7) is 0. The Morgan fingerprint density at radius 3 is 1.65 bits per heavy atom. The van der Waals surface area contributed by atoms with E-state index in [0.717, 1.165) is 39.2 Å². The largest absolute Gasteiger partial charge is 0.361 e. The lowest BCUT2D eigenvalue weighted by molar-refractivity contribution is 1.18. The number of benzene rings is 7. The first kappa shape index (κ1) is 28.6. The molecule has 0 fully saturated rings. The first-order valence-corrected chi connectivity index (χ1v) is 16.6. The number of nitrogens with zero attached hydrogens (tertiary/aromatic N) is 2. The van der Waals surface area contributed by atoms with Crippen molar-refractivity contribution in [1.82, 2.24) is 15.0 Å². The van der Waals surface area contributed by atoms with Crippen LogP contribution < -0.4 is 0 Å². The summed E-state index contributed by atoms with van der Waals surface area (Å²) < 4.78 is 0. The van der Waals surface area contributed by atoms with Crippen LogP contribution >= 0.6 is 0 Å². The van der Waals surface area contributed by atoms with Crippen LogP contribution in [0.1, 0.15) is 0 Å². The molecule has 7 aromatic carbocycles. The Morgan fingerprint density at radius 2 is 0.918 bits per heavy atom. The van der Waals surface area contributed by atoms with E-state index in [1.165, 1.54) is 44.0 Å². The molecule has 3 heteroatoms. The van der Waals surface area contributed by atoms with Crippen LogP contribution in [-0.2, 0) is 0 Å². The van der Waals surface area contributed by atoms with Gasteiger partial charge in [-0.05, 0) is 67.6 Å². The summed E-state index contributed by atoms with van der Waals surface area (Å²) in [6, 6.07) is 62.1. The minimum atomic E-state index is 0.703. The van der Waals surface area contributed by atoms with Crippen molar-refractivity contribution in [2.24, 2.45) is 0 Å². The van der Waals surface area contributed by atoms with Crippen molar-refractivity contribution in [1.29, 1.82) is 0 Å². The van der Waals surface area contributed by atoms with Gasteiger partial charge in [0, 0.05) is 28.6 Å². The van der Waals surface area contributed by atoms with E-state index in [-0.39, 0.29) is 0 Å². The molecular weight excluding hydrogens is 595 g/mol. The summed E-state index contributed by atoms with van der Waals surface area (Å²) in [5.74, 6) is 0.703. The summed E-state index contributed by atoms with van der Waals surface area (Å²) >= 11 is 0. The quantitative estimate of drug-likeness (QED) is 0.200. The zero-order valence-corrected chi connectivity index (χ0v) is 26.7. The summed E-state index contributed by atoms with van der Waals surface area (Å²) in [6.07, 6.45) is 1.96. The van der Waals surface area contributed by atoms with Gasteiger partial charge in [-0.1, -0.05) is 158 Å². The minimum absolute atomic E-state index is 0.703. The maximum Gasteiger partial charge on any atom is 0.160 e. The smallest absolute Gasteiger partial charge is 0.160 e. The molecule has 0 saturated heterocycles. The van der Waals surface area contributed by atoms with Crippen molar-refractivity contribution in [2.75, 3.05) is 0 Å². The second-order valence-electron chi connectivity index (χ2n) is 12.3.